The van der Waals surface area contributed by atoms with Gasteiger partial charge in [-0.3, -0.25) is 0 Å². The molecule has 1 fully saturated rings. The van der Waals surface area contributed by atoms with E-state index < -0.39 is 0 Å². The monoisotopic (exact) mass is 257 g/mol. The van der Waals surface area contributed by atoms with Crippen molar-refractivity contribution in [3.8, 4) is 0 Å². The van der Waals surface area contributed by atoms with Crippen molar-refractivity contribution in [2.24, 2.45) is 5.92 Å². The summed E-state index contributed by atoms with van der Waals surface area (Å²) in [5.74, 6) is 3.78. The standard InChI is InChI=1S/C10H16BrN3/c1-3-14-9(6-11)12-13-10(14)8-4-7(2)5-8/h7-8H,3-6H2,1-2H3. The highest BCUT2D eigenvalue weighted by molar-refractivity contribution is 9.08. The van der Waals surface area contributed by atoms with Crippen molar-refractivity contribution in [3.05, 3.63) is 11.6 Å². The lowest BCUT2D eigenvalue weighted by molar-refractivity contribution is 0.271. The molecule has 1 aliphatic rings. The van der Waals surface area contributed by atoms with Gasteiger partial charge in [0.15, 0.2) is 0 Å². The summed E-state index contributed by atoms with van der Waals surface area (Å²) in [7, 11) is 0. The van der Waals surface area contributed by atoms with Crippen LogP contribution < -0.4 is 0 Å². The van der Waals surface area contributed by atoms with Crippen LogP contribution in [0.4, 0.5) is 0 Å². The predicted molar refractivity (Wildman–Crippen MR) is 59.5 cm³/mol. The van der Waals surface area contributed by atoms with Gasteiger partial charge in [-0.2, -0.15) is 0 Å². The summed E-state index contributed by atoms with van der Waals surface area (Å²) < 4.78 is 2.24. The molecule has 14 heavy (non-hydrogen) atoms. The van der Waals surface area contributed by atoms with E-state index in [4.69, 9.17) is 0 Å². The molecule has 2 rings (SSSR count). The Kier molecular flexibility index (Phi) is 2.91. The largest absolute Gasteiger partial charge is 0.314 e. The van der Waals surface area contributed by atoms with Gasteiger partial charge in [0, 0.05) is 12.5 Å². The second-order valence-electron chi connectivity index (χ2n) is 4.13. The molecule has 3 nitrogen and oxygen atoms in total. The molecule has 1 aromatic heterocycles. The minimum absolute atomic E-state index is 0.658. The summed E-state index contributed by atoms with van der Waals surface area (Å²) >= 11 is 3.44. The number of aromatic nitrogens is 3. The first kappa shape index (κ1) is 10.1. The van der Waals surface area contributed by atoms with Crippen molar-refractivity contribution in [1.29, 1.82) is 0 Å². The second-order valence-corrected chi connectivity index (χ2v) is 4.69. The fourth-order valence-electron chi connectivity index (χ4n) is 2.21. The Morgan fingerprint density at radius 2 is 2.14 bits per heavy atom. The number of hydrogen-bond donors (Lipinski definition) is 0. The van der Waals surface area contributed by atoms with Crippen LogP contribution in [0.15, 0.2) is 0 Å². The molecular weight excluding hydrogens is 242 g/mol. The van der Waals surface area contributed by atoms with Crippen LogP contribution in [0, 0.1) is 5.92 Å². The zero-order valence-corrected chi connectivity index (χ0v) is 10.3. The maximum Gasteiger partial charge on any atom is 0.143 e. The summed E-state index contributed by atoms with van der Waals surface area (Å²) in [5.41, 5.74) is 0. The van der Waals surface area contributed by atoms with Crippen molar-refractivity contribution < 1.29 is 0 Å². The number of alkyl halides is 1. The first-order chi connectivity index (χ1) is 6.76. The summed E-state index contributed by atoms with van der Waals surface area (Å²) in [4.78, 5) is 0. The highest BCUT2D eigenvalue weighted by Gasteiger charge is 2.31. The van der Waals surface area contributed by atoms with Gasteiger partial charge in [-0.1, -0.05) is 22.9 Å². The lowest BCUT2D eigenvalue weighted by Gasteiger charge is -2.31. The van der Waals surface area contributed by atoms with Crippen LogP contribution in [0.5, 0.6) is 0 Å². The molecule has 78 valence electrons. The Hall–Kier alpha value is -0.380. The van der Waals surface area contributed by atoms with Crippen LogP contribution in [0.3, 0.4) is 0 Å². The van der Waals surface area contributed by atoms with Crippen molar-refractivity contribution >= 4 is 15.9 Å². The predicted octanol–water partition coefficient (Wildman–Crippen LogP) is 2.71. The Morgan fingerprint density at radius 3 is 2.64 bits per heavy atom. The third-order valence-corrected chi connectivity index (χ3v) is 3.53. The maximum absolute atomic E-state index is 4.30. The Labute approximate surface area is 93.0 Å². The van der Waals surface area contributed by atoms with E-state index in [1.54, 1.807) is 0 Å². The maximum atomic E-state index is 4.30. The van der Waals surface area contributed by atoms with Gasteiger partial charge in [-0.25, -0.2) is 0 Å². The molecular formula is C10H16BrN3. The van der Waals surface area contributed by atoms with Gasteiger partial charge >= 0.3 is 0 Å². The summed E-state index contributed by atoms with van der Waals surface area (Å²) in [6.45, 7) is 5.43. The van der Waals surface area contributed by atoms with Gasteiger partial charge < -0.3 is 4.57 Å². The number of rotatable bonds is 3. The van der Waals surface area contributed by atoms with Crippen LogP contribution >= 0.6 is 15.9 Å². The lowest BCUT2D eigenvalue weighted by atomic mass is 9.75. The van der Waals surface area contributed by atoms with Gasteiger partial charge in [-0.15, -0.1) is 10.2 Å². The van der Waals surface area contributed by atoms with Crippen molar-refractivity contribution in [2.75, 3.05) is 0 Å². The molecule has 0 radical (unpaired) electrons. The molecule has 0 bridgehead atoms. The highest BCUT2D eigenvalue weighted by atomic mass is 79.9. The zero-order valence-electron chi connectivity index (χ0n) is 8.70. The zero-order chi connectivity index (χ0) is 10.1. The molecule has 4 heteroatoms. The quantitative estimate of drug-likeness (QED) is 0.780. The Morgan fingerprint density at radius 1 is 1.43 bits per heavy atom. The van der Waals surface area contributed by atoms with Crippen LogP contribution in [0.1, 0.15) is 44.3 Å². The van der Waals surface area contributed by atoms with Crippen LogP contribution in [-0.2, 0) is 11.9 Å². The van der Waals surface area contributed by atoms with E-state index in [2.05, 4.69) is 44.5 Å². The third kappa shape index (κ3) is 1.60. The Bertz CT molecular complexity index is 315. The van der Waals surface area contributed by atoms with E-state index in [1.807, 2.05) is 0 Å². The van der Waals surface area contributed by atoms with E-state index in [9.17, 15) is 0 Å². The van der Waals surface area contributed by atoms with E-state index in [1.165, 1.54) is 18.7 Å². The van der Waals surface area contributed by atoms with E-state index in [0.717, 1.165) is 23.6 Å². The average Bonchev–Trinajstić information content (AvgIpc) is 2.54. The van der Waals surface area contributed by atoms with Gasteiger partial charge in [0.1, 0.15) is 11.6 Å². The van der Waals surface area contributed by atoms with Gasteiger partial charge in [-0.05, 0) is 25.7 Å². The molecule has 0 amide bonds. The molecule has 1 saturated carbocycles. The third-order valence-electron chi connectivity index (χ3n) is 3.03. The highest BCUT2D eigenvalue weighted by Crippen LogP contribution is 2.40. The minimum Gasteiger partial charge on any atom is -0.314 e. The van der Waals surface area contributed by atoms with Gasteiger partial charge in [0.05, 0.1) is 5.33 Å². The van der Waals surface area contributed by atoms with Crippen LogP contribution in [0.2, 0.25) is 0 Å². The topological polar surface area (TPSA) is 30.7 Å². The molecule has 0 atom stereocenters. The minimum atomic E-state index is 0.658. The number of nitrogens with zero attached hydrogens (tertiary/aromatic N) is 3. The van der Waals surface area contributed by atoms with Gasteiger partial charge in [0.25, 0.3) is 0 Å². The molecule has 1 aliphatic carbocycles. The van der Waals surface area contributed by atoms with E-state index in [0.29, 0.717) is 5.92 Å². The molecule has 0 saturated heterocycles. The number of hydrogen-bond acceptors (Lipinski definition) is 2. The average molecular weight is 258 g/mol. The first-order valence-corrected chi connectivity index (χ1v) is 6.36. The SMILES string of the molecule is CCn1c(CBr)nnc1C1CC(C)C1. The van der Waals surface area contributed by atoms with E-state index >= 15 is 0 Å². The van der Waals surface area contributed by atoms with E-state index in [-0.39, 0.29) is 0 Å². The summed E-state index contributed by atoms with van der Waals surface area (Å²) in [5, 5.41) is 9.30. The van der Waals surface area contributed by atoms with Crippen LogP contribution in [-0.4, -0.2) is 14.8 Å². The molecule has 0 N–H and O–H groups in total. The van der Waals surface area contributed by atoms with Crippen molar-refractivity contribution in [3.63, 3.8) is 0 Å². The fourth-order valence-corrected chi connectivity index (χ4v) is 2.62. The Balaban J connectivity index is 2.20. The molecule has 0 unspecified atom stereocenters. The second kappa shape index (κ2) is 4.01. The molecule has 1 heterocycles. The fraction of sp³-hybridized carbons (Fsp3) is 0.800. The normalized spacial score (nSPS) is 26.2. The van der Waals surface area contributed by atoms with Crippen LogP contribution in [0.25, 0.3) is 0 Å². The first-order valence-electron chi connectivity index (χ1n) is 5.24. The summed E-state index contributed by atoms with van der Waals surface area (Å²) in [6.07, 6.45) is 2.56. The molecule has 0 aliphatic heterocycles. The summed E-state index contributed by atoms with van der Waals surface area (Å²) in [6, 6.07) is 0. The van der Waals surface area contributed by atoms with Crippen molar-refractivity contribution in [1.82, 2.24) is 14.8 Å². The van der Waals surface area contributed by atoms with Crippen molar-refractivity contribution in [2.45, 2.75) is 44.5 Å². The molecule has 0 spiro atoms. The lowest BCUT2D eigenvalue weighted by Crippen LogP contribution is -2.22. The molecule has 0 aromatic carbocycles. The van der Waals surface area contributed by atoms with Gasteiger partial charge in [0.2, 0.25) is 0 Å². The number of halogens is 1. The molecule has 1 aromatic rings. The smallest absolute Gasteiger partial charge is 0.143 e.